The molecule has 11 nitrogen and oxygen atoms in total. The number of unbranched alkanes of at least 4 members (excludes halogenated alkanes) is 41. The fourth-order valence-corrected chi connectivity index (χ4v) is 13.2. The second-order valence-electron chi connectivity index (χ2n) is 28.3. The van der Waals surface area contributed by atoms with Crippen molar-refractivity contribution in [3.8, 4) is 51.3 Å². The molecule has 0 aliphatic carbocycles. The van der Waals surface area contributed by atoms with Crippen molar-refractivity contribution in [2.75, 3.05) is 33.0 Å². The predicted molar refractivity (Wildman–Crippen MR) is 418 cm³/mol. The molecule has 2 amide bonds. The summed E-state index contributed by atoms with van der Waals surface area (Å²) in [6, 6.07) is 29.2. The summed E-state index contributed by atoms with van der Waals surface area (Å²) in [6.07, 6.45) is 57.5. The van der Waals surface area contributed by atoms with Gasteiger partial charge >= 0.3 is 0 Å². The minimum absolute atomic E-state index is 0.325. The van der Waals surface area contributed by atoms with Crippen molar-refractivity contribution >= 4 is 33.6 Å². The third kappa shape index (κ3) is 33.3. The first-order chi connectivity index (χ1) is 48.8. The van der Waals surface area contributed by atoms with E-state index >= 15 is 0 Å². The number of nitrogens with one attached hydrogen (secondary N) is 2. The molecule has 5 aromatic carbocycles. The zero-order valence-electron chi connectivity index (χ0n) is 63.0. The van der Waals surface area contributed by atoms with Crippen LogP contribution in [0.25, 0.3) is 44.3 Å². The summed E-state index contributed by atoms with van der Waals surface area (Å²) in [6.45, 7) is 14.5. The number of hydrogen-bond acceptors (Lipinski definition) is 9. The fraction of sp³-hybridized carbons (Fsp3) is 0.636. The van der Waals surface area contributed by atoms with E-state index in [0.717, 1.165) is 96.9 Å². The molecule has 1 heterocycles. The number of rotatable bonds is 60. The number of nitrogens with zero attached hydrogens (tertiary/aromatic N) is 2. The minimum Gasteiger partial charge on any atom is -0.494 e. The van der Waals surface area contributed by atoms with Crippen LogP contribution in [0.4, 0.5) is 0 Å². The van der Waals surface area contributed by atoms with E-state index in [1.54, 1.807) is 18.2 Å². The quantitative estimate of drug-likeness (QED) is 0.0283. The molecule has 1 aromatic heterocycles. The van der Waals surface area contributed by atoms with E-state index in [-0.39, 0.29) is 0 Å². The molecule has 0 spiro atoms. The lowest BCUT2D eigenvalue weighted by molar-refractivity contribution is 0.0847. The number of ether oxygens (including phenoxy) is 5. The molecule has 6 rings (SSSR count). The highest BCUT2D eigenvalue weighted by molar-refractivity contribution is 6.02. The van der Waals surface area contributed by atoms with Gasteiger partial charge in [0.1, 0.15) is 5.75 Å². The number of hydrazine groups is 1. The zero-order chi connectivity index (χ0) is 69.8. The largest absolute Gasteiger partial charge is 0.494 e. The summed E-state index contributed by atoms with van der Waals surface area (Å²) in [5.41, 5.74) is 10.2. The van der Waals surface area contributed by atoms with Gasteiger partial charge in [0, 0.05) is 22.3 Å². The molecule has 0 unspecified atom stereocenters. The lowest BCUT2D eigenvalue weighted by Gasteiger charge is -2.17. The Hall–Kier alpha value is -6.36. The minimum atomic E-state index is -0.477. The number of hydrogen-bond donors (Lipinski definition) is 2. The monoisotopic (exact) mass is 1360 g/mol. The number of aromatic nitrogens is 2. The third-order valence-corrected chi connectivity index (χ3v) is 19.5. The maximum absolute atomic E-state index is 14.1. The standard InChI is InChI=1S/C88H134N4O7/c1-6-11-16-21-26-30-34-38-43-48-63-96-81-60-56-74(70-83(81)98-65-50-45-40-36-32-28-23-18-13-8-3)85-86(75-57-61-82(97-64-49-44-39-35-31-27-22-17-12-7-2)84(71-75)99-66-51-46-41-37-33-29-24-19-14-9-4)90-80-69-77(55-59-79(80)89-85)88(94)92-91-87(93)76-53-52-73-68-78(58-54-72(73)67-76)95-62-47-42-25-20-15-10-5/h52-61,67-71H,6-51,62-66H2,1-5H3,(H,91,93)(H,92,94). The molecule has 0 aliphatic rings. The molecule has 6 aromatic rings. The molecule has 2 N–H and O–H groups in total. The maximum atomic E-state index is 14.1. The smallest absolute Gasteiger partial charge is 0.269 e. The molecule has 0 aliphatic heterocycles. The Morgan fingerprint density at radius 2 is 0.566 bits per heavy atom. The van der Waals surface area contributed by atoms with Gasteiger partial charge in [-0.15, -0.1) is 0 Å². The number of benzene rings is 5. The van der Waals surface area contributed by atoms with Crippen molar-refractivity contribution in [2.45, 2.75) is 330 Å². The van der Waals surface area contributed by atoms with Crippen molar-refractivity contribution in [3.05, 3.63) is 102 Å². The molecular weight excluding hydrogens is 1220 g/mol. The topological polar surface area (TPSA) is 130 Å². The summed E-state index contributed by atoms with van der Waals surface area (Å²) < 4.78 is 32.9. The van der Waals surface area contributed by atoms with E-state index in [1.807, 2.05) is 48.5 Å². The van der Waals surface area contributed by atoms with E-state index in [4.69, 9.17) is 33.7 Å². The second-order valence-corrected chi connectivity index (χ2v) is 28.3. The van der Waals surface area contributed by atoms with Gasteiger partial charge in [0.2, 0.25) is 0 Å². The summed E-state index contributed by atoms with van der Waals surface area (Å²) in [4.78, 5) is 38.6. The van der Waals surface area contributed by atoms with Gasteiger partial charge in [0.25, 0.3) is 11.8 Å². The van der Waals surface area contributed by atoms with Gasteiger partial charge in [-0.3, -0.25) is 20.4 Å². The second kappa shape index (κ2) is 52.6. The van der Waals surface area contributed by atoms with E-state index in [1.165, 1.54) is 238 Å². The normalized spacial score (nSPS) is 11.4. The Morgan fingerprint density at radius 1 is 0.273 bits per heavy atom. The maximum Gasteiger partial charge on any atom is 0.269 e. The molecule has 0 saturated carbocycles. The van der Waals surface area contributed by atoms with Crippen LogP contribution in [0, 0.1) is 0 Å². The highest BCUT2D eigenvalue weighted by Crippen LogP contribution is 2.40. The molecular formula is C88H134N4O7. The highest BCUT2D eigenvalue weighted by Gasteiger charge is 2.21. The van der Waals surface area contributed by atoms with Crippen LogP contribution in [0.3, 0.4) is 0 Å². The molecule has 0 atom stereocenters. The van der Waals surface area contributed by atoms with Crippen LogP contribution in [-0.2, 0) is 0 Å². The van der Waals surface area contributed by atoms with Gasteiger partial charge in [0.05, 0.1) is 55.5 Å². The summed E-state index contributed by atoms with van der Waals surface area (Å²) in [5, 5.41) is 1.88. The van der Waals surface area contributed by atoms with Crippen molar-refractivity contribution in [3.63, 3.8) is 0 Å². The molecule has 11 heteroatoms. The summed E-state index contributed by atoms with van der Waals surface area (Å²) >= 11 is 0. The molecule has 0 saturated heterocycles. The van der Waals surface area contributed by atoms with Gasteiger partial charge in [-0.25, -0.2) is 9.97 Å². The molecule has 0 bridgehead atoms. The number of fused-ring (bicyclic) bond motifs is 2. The van der Waals surface area contributed by atoms with Crippen LogP contribution < -0.4 is 34.5 Å². The SMILES string of the molecule is CCCCCCCCCCCCOc1ccc(-c2nc3ccc(C(=O)NNC(=O)c4ccc5cc(OCCCCCCCC)ccc5c4)cc3nc2-c2ccc(OCCCCCCCCCCCC)c(OCCCCCCCCCCCC)c2)cc1OCCCCCCCCCCCC. The Balaban J connectivity index is 1.25. The molecule has 0 fully saturated rings. The van der Waals surface area contributed by atoms with Gasteiger partial charge < -0.3 is 23.7 Å². The van der Waals surface area contributed by atoms with Crippen LogP contribution in [0.1, 0.15) is 351 Å². The number of amides is 2. The Morgan fingerprint density at radius 3 is 0.939 bits per heavy atom. The van der Waals surface area contributed by atoms with Crippen LogP contribution in [0.15, 0.2) is 91.0 Å². The highest BCUT2D eigenvalue weighted by atomic mass is 16.5. The van der Waals surface area contributed by atoms with E-state index in [2.05, 4.69) is 69.7 Å². The van der Waals surface area contributed by atoms with Gasteiger partial charge in [0.15, 0.2) is 23.0 Å². The van der Waals surface area contributed by atoms with Crippen molar-refractivity contribution < 1.29 is 33.3 Å². The Bertz CT molecular complexity index is 3110. The van der Waals surface area contributed by atoms with Crippen molar-refractivity contribution in [1.29, 1.82) is 0 Å². The van der Waals surface area contributed by atoms with Crippen molar-refractivity contribution in [2.24, 2.45) is 0 Å². The first-order valence-corrected chi connectivity index (χ1v) is 40.7. The van der Waals surface area contributed by atoms with E-state index in [0.29, 0.717) is 78.1 Å². The predicted octanol–water partition coefficient (Wildman–Crippen LogP) is 26.1. The fourth-order valence-electron chi connectivity index (χ4n) is 13.2. The summed E-state index contributed by atoms with van der Waals surface area (Å²) in [5.74, 6) is 2.77. The summed E-state index contributed by atoms with van der Waals surface area (Å²) in [7, 11) is 0. The van der Waals surface area contributed by atoms with E-state index in [9.17, 15) is 9.59 Å². The zero-order valence-corrected chi connectivity index (χ0v) is 63.0. The van der Waals surface area contributed by atoms with Crippen LogP contribution in [-0.4, -0.2) is 54.8 Å². The third-order valence-electron chi connectivity index (χ3n) is 19.5. The van der Waals surface area contributed by atoms with Crippen molar-refractivity contribution in [1.82, 2.24) is 20.8 Å². The lowest BCUT2D eigenvalue weighted by Crippen LogP contribution is -2.41. The lowest BCUT2D eigenvalue weighted by atomic mass is 10.0. The van der Waals surface area contributed by atoms with Gasteiger partial charge in [-0.05, 0) is 122 Å². The average molecular weight is 1360 g/mol. The first kappa shape index (κ1) is 81.6. The van der Waals surface area contributed by atoms with Crippen LogP contribution in [0.2, 0.25) is 0 Å². The first-order valence-electron chi connectivity index (χ1n) is 40.7. The van der Waals surface area contributed by atoms with Crippen LogP contribution >= 0.6 is 0 Å². The van der Waals surface area contributed by atoms with Gasteiger partial charge in [-0.2, -0.15) is 0 Å². The van der Waals surface area contributed by atoms with Gasteiger partial charge in [-0.1, -0.05) is 310 Å². The number of carbonyl (C=O) groups excluding carboxylic acids is 2. The average Bonchev–Trinajstić information content (AvgIpc) is 0.773. The molecule has 0 radical (unpaired) electrons. The van der Waals surface area contributed by atoms with Crippen LogP contribution in [0.5, 0.6) is 28.7 Å². The molecule has 99 heavy (non-hydrogen) atoms. The van der Waals surface area contributed by atoms with E-state index < -0.39 is 11.8 Å². The Kier molecular flexibility index (Phi) is 43.4. The molecule has 548 valence electrons. The Labute approximate surface area is 601 Å². The number of carbonyl (C=O) groups is 2.